The van der Waals surface area contributed by atoms with Crippen LogP contribution < -0.4 is 10.6 Å². The zero-order valence-electron chi connectivity index (χ0n) is 12.3. The lowest BCUT2D eigenvalue weighted by Crippen LogP contribution is -2.48. The molecule has 0 saturated carbocycles. The summed E-state index contributed by atoms with van der Waals surface area (Å²) in [7, 11) is 0. The van der Waals surface area contributed by atoms with Crippen LogP contribution in [0.5, 0.6) is 0 Å². The Morgan fingerprint density at radius 1 is 1.36 bits per heavy atom. The summed E-state index contributed by atoms with van der Waals surface area (Å²) in [5.74, 6) is -0.433. The number of nitrogens with one attached hydrogen (secondary N) is 2. The van der Waals surface area contributed by atoms with E-state index in [0.29, 0.717) is 6.61 Å². The minimum absolute atomic E-state index is 0.0888. The normalized spacial score (nSPS) is 27.6. The van der Waals surface area contributed by atoms with Crippen LogP contribution in [-0.4, -0.2) is 36.8 Å². The SMILES string of the molecule is O=C1CC(NC(=O)C2CCCN2)C(OCc2ccccc2)O1. The number of cyclic esters (lactones) is 1. The smallest absolute Gasteiger partial charge is 0.310 e. The largest absolute Gasteiger partial charge is 0.433 e. The molecule has 118 valence electrons. The van der Waals surface area contributed by atoms with Gasteiger partial charge in [-0.2, -0.15) is 0 Å². The van der Waals surface area contributed by atoms with Crippen molar-refractivity contribution >= 4 is 11.9 Å². The Kier molecular flexibility index (Phi) is 4.70. The predicted molar refractivity (Wildman–Crippen MR) is 78.7 cm³/mol. The van der Waals surface area contributed by atoms with Gasteiger partial charge in [-0.05, 0) is 24.9 Å². The van der Waals surface area contributed by atoms with Crippen LogP contribution >= 0.6 is 0 Å². The molecule has 22 heavy (non-hydrogen) atoms. The van der Waals surface area contributed by atoms with Crippen molar-refractivity contribution in [2.75, 3.05) is 6.54 Å². The summed E-state index contributed by atoms with van der Waals surface area (Å²) in [5.41, 5.74) is 0.994. The maximum Gasteiger partial charge on any atom is 0.310 e. The first kappa shape index (κ1) is 15.0. The van der Waals surface area contributed by atoms with Crippen molar-refractivity contribution < 1.29 is 19.1 Å². The molecule has 0 radical (unpaired) electrons. The zero-order chi connectivity index (χ0) is 15.4. The van der Waals surface area contributed by atoms with Gasteiger partial charge < -0.3 is 20.1 Å². The van der Waals surface area contributed by atoms with Crippen LogP contribution in [-0.2, 0) is 25.7 Å². The molecule has 6 nitrogen and oxygen atoms in total. The molecule has 0 aliphatic carbocycles. The highest BCUT2D eigenvalue weighted by molar-refractivity contribution is 5.83. The van der Waals surface area contributed by atoms with Crippen LogP contribution in [0.2, 0.25) is 0 Å². The van der Waals surface area contributed by atoms with Crippen molar-refractivity contribution in [1.82, 2.24) is 10.6 Å². The predicted octanol–water partition coefficient (Wildman–Crippen LogP) is 0.713. The fraction of sp³-hybridized carbons (Fsp3) is 0.500. The number of carbonyl (C=O) groups is 2. The van der Waals surface area contributed by atoms with E-state index in [9.17, 15) is 9.59 Å². The first-order valence-corrected chi connectivity index (χ1v) is 7.61. The molecule has 2 N–H and O–H groups in total. The molecule has 2 aliphatic rings. The lowest BCUT2D eigenvalue weighted by molar-refractivity contribution is -0.168. The highest BCUT2D eigenvalue weighted by Crippen LogP contribution is 2.19. The summed E-state index contributed by atoms with van der Waals surface area (Å²) < 4.78 is 10.8. The minimum Gasteiger partial charge on any atom is -0.433 e. The highest BCUT2D eigenvalue weighted by Gasteiger charge is 2.38. The quantitative estimate of drug-likeness (QED) is 0.784. The summed E-state index contributed by atoms with van der Waals surface area (Å²) >= 11 is 0. The number of benzene rings is 1. The molecular formula is C16H20N2O4. The molecule has 1 aromatic rings. The van der Waals surface area contributed by atoms with Crippen LogP contribution in [0, 0.1) is 0 Å². The molecule has 1 amide bonds. The molecule has 1 aromatic carbocycles. The van der Waals surface area contributed by atoms with Gasteiger partial charge in [0.15, 0.2) is 0 Å². The second-order valence-electron chi connectivity index (χ2n) is 5.62. The van der Waals surface area contributed by atoms with Gasteiger partial charge in [0.25, 0.3) is 0 Å². The van der Waals surface area contributed by atoms with E-state index in [2.05, 4.69) is 10.6 Å². The number of hydrogen-bond donors (Lipinski definition) is 2. The fourth-order valence-corrected chi connectivity index (χ4v) is 2.75. The van der Waals surface area contributed by atoms with Crippen LogP contribution in [0.15, 0.2) is 30.3 Å². The number of carbonyl (C=O) groups excluding carboxylic acids is 2. The van der Waals surface area contributed by atoms with Gasteiger partial charge in [-0.15, -0.1) is 0 Å². The average molecular weight is 304 g/mol. The number of hydrogen-bond acceptors (Lipinski definition) is 5. The third kappa shape index (κ3) is 3.64. The molecule has 6 heteroatoms. The Morgan fingerprint density at radius 3 is 2.91 bits per heavy atom. The van der Waals surface area contributed by atoms with Gasteiger partial charge in [0, 0.05) is 0 Å². The lowest BCUT2D eigenvalue weighted by Gasteiger charge is -2.21. The van der Waals surface area contributed by atoms with E-state index < -0.39 is 12.3 Å². The van der Waals surface area contributed by atoms with E-state index in [1.54, 1.807) is 0 Å². The topological polar surface area (TPSA) is 76.7 Å². The number of ether oxygens (including phenoxy) is 2. The Labute approximate surface area is 129 Å². The van der Waals surface area contributed by atoms with Gasteiger partial charge in [0.2, 0.25) is 12.2 Å². The van der Waals surface area contributed by atoms with E-state index in [0.717, 1.165) is 24.9 Å². The van der Waals surface area contributed by atoms with Crippen molar-refractivity contribution in [2.45, 2.75) is 44.2 Å². The molecule has 2 saturated heterocycles. The van der Waals surface area contributed by atoms with Gasteiger partial charge >= 0.3 is 5.97 Å². The Hall–Kier alpha value is -1.92. The Bertz CT molecular complexity index is 528. The first-order valence-electron chi connectivity index (χ1n) is 7.61. The maximum absolute atomic E-state index is 12.1. The van der Waals surface area contributed by atoms with E-state index in [1.807, 2.05) is 30.3 Å². The molecule has 2 fully saturated rings. The van der Waals surface area contributed by atoms with E-state index in [-0.39, 0.29) is 24.3 Å². The number of amides is 1. The third-order valence-corrected chi connectivity index (χ3v) is 3.92. The molecule has 3 unspecified atom stereocenters. The van der Waals surface area contributed by atoms with Crippen molar-refractivity contribution in [2.24, 2.45) is 0 Å². The van der Waals surface area contributed by atoms with Crippen molar-refractivity contribution in [3.05, 3.63) is 35.9 Å². The van der Waals surface area contributed by atoms with E-state index in [4.69, 9.17) is 9.47 Å². The van der Waals surface area contributed by atoms with Crippen LogP contribution in [0.4, 0.5) is 0 Å². The van der Waals surface area contributed by atoms with Crippen LogP contribution in [0.3, 0.4) is 0 Å². The third-order valence-electron chi connectivity index (χ3n) is 3.92. The summed E-state index contributed by atoms with van der Waals surface area (Å²) in [6, 6.07) is 9.04. The number of rotatable bonds is 5. The van der Waals surface area contributed by atoms with Gasteiger partial charge in [-0.3, -0.25) is 9.59 Å². The number of esters is 1. The molecule has 0 bridgehead atoms. The molecule has 3 rings (SSSR count). The molecule has 3 atom stereocenters. The van der Waals surface area contributed by atoms with E-state index in [1.165, 1.54) is 0 Å². The molecule has 0 aromatic heterocycles. The highest BCUT2D eigenvalue weighted by atomic mass is 16.7. The zero-order valence-corrected chi connectivity index (χ0v) is 12.3. The Balaban J connectivity index is 1.55. The van der Waals surface area contributed by atoms with Gasteiger partial charge in [0.1, 0.15) is 6.04 Å². The molecule has 2 heterocycles. The van der Waals surface area contributed by atoms with Crippen LogP contribution in [0.1, 0.15) is 24.8 Å². The minimum atomic E-state index is -0.724. The average Bonchev–Trinajstić information content (AvgIpc) is 3.16. The standard InChI is InChI=1S/C16H20N2O4/c19-14-9-13(18-15(20)12-7-4-8-17-12)16(22-14)21-10-11-5-2-1-3-6-11/h1-3,5-6,12-13,16-17H,4,7-10H2,(H,18,20). The van der Waals surface area contributed by atoms with Crippen LogP contribution in [0.25, 0.3) is 0 Å². The van der Waals surface area contributed by atoms with Gasteiger partial charge in [0.05, 0.1) is 19.1 Å². The maximum atomic E-state index is 12.1. The second-order valence-corrected chi connectivity index (χ2v) is 5.62. The van der Waals surface area contributed by atoms with Crippen molar-refractivity contribution in [3.63, 3.8) is 0 Å². The molecular weight excluding hydrogens is 284 g/mol. The second kappa shape index (κ2) is 6.89. The monoisotopic (exact) mass is 304 g/mol. The van der Waals surface area contributed by atoms with Gasteiger partial charge in [-0.25, -0.2) is 0 Å². The summed E-state index contributed by atoms with van der Waals surface area (Å²) in [6.45, 7) is 1.19. The Morgan fingerprint density at radius 2 is 2.18 bits per heavy atom. The summed E-state index contributed by atoms with van der Waals surface area (Å²) in [5, 5.41) is 6.00. The van der Waals surface area contributed by atoms with Gasteiger partial charge in [-0.1, -0.05) is 30.3 Å². The first-order chi connectivity index (χ1) is 10.7. The lowest BCUT2D eigenvalue weighted by atomic mass is 10.1. The summed E-state index contributed by atoms with van der Waals surface area (Å²) in [4.78, 5) is 23.6. The van der Waals surface area contributed by atoms with Crippen molar-refractivity contribution in [1.29, 1.82) is 0 Å². The molecule has 0 spiro atoms. The molecule has 2 aliphatic heterocycles. The summed E-state index contributed by atoms with van der Waals surface area (Å²) in [6.07, 6.45) is 1.24. The van der Waals surface area contributed by atoms with Crippen molar-refractivity contribution in [3.8, 4) is 0 Å². The fourth-order valence-electron chi connectivity index (χ4n) is 2.75. The van der Waals surface area contributed by atoms with E-state index >= 15 is 0 Å².